The van der Waals surface area contributed by atoms with Crippen LogP contribution in [0.4, 0.5) is 10.5 Å². The number of hydrogen-bond donors (Lipinski definition) is 2. The van der Waals surface area contributed by atoms with Crippen LogP contribution in [0.2, 0.25) is 0 Å². The number of rotatable bonds is 2. The normalized spacial score (nSPS) is 16.8. The molecule has 2 rings (SSSR count). The number of benzene rings is 1. The third-order valence-electron chi connectivity index (χ3n) is 2.93. The molecule has 1 aromatic carbocycles. The number of anilines is 1. The van der Waals surface area contributed by atoms with Crippen LogP contribution in [-0.2, 0) is 16.3 Å². The van der Waals surface area contributed by atoms with Crippen LogP contribution in [0.5, 0.6) is 0 Å². The fourth-order valence-corrected chi connectivity index (χ4v) is 3.73. The van der Waals surface area contributed by atoms with Gasteiger partial charge in [-0.15, -0.1) is 0 Å². The van der Waals surface area contributed by atoms with Gasteiger partial charge in [-0.1, -0.05) is 0 Å². The molecule has 0 aromatic heterocycles. The predicted octanol–water partition coefficient (Wildman–Crippen LogP) is 1.94. The van der Waals surface area contributed by atoms with E-state index in [1.807, 2.05) is 13.8 Å². The molecule has 0 unspecified atom stereocenters. The Balaban J connectivity index is 2.20. The minimum atomic E-state index is -3.13. The topological polar surface area (TPSA) is 75.3 Å². The molecule has 1 aliphatic heterocycles. The second-order valence-electron chi connectivity index (χ2n) is 5.00. The molecule has 0 bridgehead atoms. The molecule has 6 heteroatoms. The van der Waals surface area contributed by atoms with Gasteiger partial charge in [0.25, 0.3) is 0 Å². The summed E-state index contributed by atoms with van der Waals surface area (Å²) in [7, 11) is -3.13. The van der Waals surface area contributed by atoms with Gasteiger partial charge in [0.05, 0.1) is 10.6 Å². The molecule has 0 saturated heterocycles. The maximum absolute atomic E-state index is 11.9. The fraction of sp³-hybridized carbons (Fsp3) is 0.462. The second kappa shape index (κ2) is 5.21. The Kier molecular flexibility index (Phi) is 3.80. The summed E-state index contributed by atoms with van der Waals surface area (Å²) in [4.78, 5) is 12.0. The lowest BCUT2D eigenvalue weighted by molar-refractivity contribution is 0.250. The monoisotopic (exact) mass is 282 g/mol. The Bertz CT molecular complexity index is 594. The van der Waals surface area contributed by atoms with Crippen LogP contribution in [-0.4, -0.2) is 26.2 Å². The molecule has 5 nitrogen and oxygen atoms in total. The van der Waals surface area contributed by atoms with E-state index in [2.05, 4.69) is 10.6 Å². The maximum Gasteiger partial charge on any atom is 0.319 e. The van der Waals surface area contributed by atoms with Crippen molar-refractivity contribution >= 4 is 21.6 Å². The zero-order valence-corrected chi connectivity index (χ0v) is 11.9. The first-order valence-corrected chi connectivity index (χ1v) is 7.97. The molecule has 104 valence electrons. The molecule has 0 spiro atoms. The van der Waals surface area contributed by atoms with Gasteiger partial charge in [0, 0.05) is 11.7 Å². The van der Waals surface area contributed by atoms with E-state index >= 15 is 0 Å². The summed E-state index contributed by atoms with van der Waals surface area (Å²) in [5, 5.41) is 5.43. The zero-order chi connectivity index (χ0) is 14.0. The lowest BCUT2D eigenvalue weighted by Crippen LogP contribution is -2.34. The molecule has 2 amide bonds. The van der Waals surface area contributed by atoms with Crippen molar-refractivity contribution in [3.05, 3.63) is 23.8 Å². The van der Waals surface area contributed by atoms with E-state index in [-0.39, 0.29) is 17.8 Å². The highest BCUT2D eigenvalue weighted by Crippen LogP contribution is 2.27. The van der Waals surface area contributed by atoms with Crippen LogP contribution >= 0.6 is 0 Å². The maximum atomic E-state index is 11.9. The molecule has 0 saturated carbocycles. The Morgan fingerprint density at radius 3 is 2.74 bits per heavy atom. The number of aryl methyl sites for hydroxylation is 1. The van der Waals surface area contributed by atoms with E-state index in [9.17, 15) is 13.2 Å². The summed E-state index contributed by atoms with van der Waals surface area (Å²) >= 11 is 0. The third kappa shape index (κ3) is 3.26. The number of carbonyl (C=O) groups is 1. The molecule has 1 aliphatic rings. The Morgan fingerprint density at radius 1 is 1.32 bits per heavy atom. The van der Waals surface area contributed by atoms with Crippen LogP contribution in [0.15, 0.2) is 23.1 Å². The van der Waals surface area contributed by atoms with Crippen molar-refractivity contribution in [1.82, 2.24) is 5.32 Å². The standard InChI is InChI=1S/C13H18N2O3S/c1-9(2)14-13(16)15-11-5-6-12-10(8-11)4-3-7-19(12,17)18/h5-6,8-9H,3-4,7H2,1-2H3,(H2,14,15,16). The lowest BCUT2D eigenvalue weighted by Gasteiger charge is -2.17. The number of nitrogens with one attached hydrogen (secondary N) is 2. The fourth-order valence-electron chi connectivity index (χ4n) is 2.15. The van der Waals surface area contributed by atoms with Gasteiger partial charge in [-0.25, -0.2) is 13.2 Å². The Hall–Kier alpha value is -1.56. The average molecular weight is 282 g/mol. The van der Waals surface area contributed by atoms with Crippen molar-refractivity contribution in [1.29, 1.82) is 0 Å². The molecule has 19 heavy (non-hydrogen) atoms. The van der Waals surface area contributed by atoms with Crippen molar-refractivity contribution in [2.45, 2.75) is 37.6 Å². The molecule has 0 fully saturated rings. The van der Waals surface area contributed by atoms with Crippen LogP contribution < -0.4 is 10.6 Å². The predicted molar refractivity (Wildman–Crippen MR) is 74.1 cm³/mol. The Labute approximate surface area is 113 Å². The number of fused-ring (bicyclic) bond motifs is 1. The smallest absolute Gasteiger partial charge is 0.319 e. The summed E-state index contributed by atoms with van der Waals surface area (Å²) in [6, 6.07) is 4.72. The van der Waals surface area contributed by atoms with Gasteiger partial charge in [0.2, 0.25) is 0 Å². The molecule has 1 aromatic rings. The van der Waals surface area contributed by atoms with Gasteiger partial charge in [-0.3, -0.25) is 0 Å². The first kappa shape index (κ1) is 13.9. The summed E-state index contributed by atoms with van der Waals surface area (Å²) in [5.74, 6) is 0.209. The van der Waals surface area contributed by atoms with Gasteiger partial charge >= 0.3 is 6.03 Å². The van der Waals surface area contributed by atoms with E-state index in [4.69, 9.17) is 0 Å². The van der Waals surface area contributed by atoms with E-state index in [1.165, 1.54) is 0 Å². The van der Waals surface area contributed by atoms with Gasteiger partial charge in [0.1, 0.15) is 0 Å². The van der Waals surface area contributed by atoms with Crippen LogP contribution in [0.25, 0.3) is 0 Å². The summed E-state index contributed by atoms with van der Waals surface area (Å²) in [5.41, 5.74) is 1.41. The largest absolute Gasteiger partial charge is 0.336 e. The van der Waals surface area contributed by atoms with E-state index in [1.54, 1.807) is 18.2 Å². The van der Waals surface area contributed by atoms with Gasteiger partial charge in [-0.2, -0.15) is 0 Å². The molecular weight excluding hydrogens is 264 g/mol. The number of hydrogen-bond acceptors (Lipinski definition) is 3. The quantitative estimate of drug-likeness (QED) is 0.870. The summed E-state index contributed by atoms with van der Waals surface area (Å²) in [6.07, 6.45) is 1.37. The van der Waals surface area contributed by atoms with Crippen LogP contribution in [0.1, 0.15) is 25.8 Å². The number of urea groups is 1. The van der Waals surface area contributed by atoms with Crippen molar-refractivity contribution in [3.8, 4) is 0 Å². The van der Waals surface area contributed by atoms with Crippen molar-refractivity contribution in [3.63, 3.8) is 0 Å². The highest BCUT2D eigenvalue weighted by atomic mass is 32.2. The SMILES string of the molecule is CC(C)NC(=O)Nc1ccc2c(c1)CCCS2(=O)=O. The molecule has 0 aliphatic carbocycles. The van der Waals surface area contributed by atoms with E-state index in [0.717, 1.165) is 12.0 Å². The van der Waals surface area contributed by atoms with E-state index in [0.29, 0.717) is 17.0 Å². The minimum Gasteiger partial charge on any atom is -0.336 e. The number of carbonyl (C=O) groups excluding carboxylic acids is 1. The van der Waals surface area contributed by atoms with Crippen molar-refractivity contribution in [2.24, 2.45) is 0 Å². The van der Waals surface area contributed by atoms with Gasteiger partial charge in [-0.05, 0) is 50.5 Å². The van der Waals surface area contributed by atoms with Gasteiger partial charge in [0.15, 0.2) is 9.84 Å². The minimum absolute atomic E-state index is 0.0537. The lowest BCUT2D eigenvalue weighted by atomic mass is 10.1. The third-order valence-corrected chi connectivity index (χ3v) is 4.83. The van der Waals surface area contributed by atoms with Gasteiger partial charge < -0.3 is 10.6 Å². The molecular formula is C13H18N2O3S. The average Bonchev–Trinajstić information content (AvgIpc) is 2.26. The highest BCUT2D eigenvalue weighted by Gasteiger charge is 2.23. The molecule has 1 heterocycles. The second-order valence-corrected chi connectivity index (χ2v) is 7.08. The summed E-state index contributed by atoms with van der Waals surface area (Å²) < 4.78 is 23.7. The van der Waals surface area contributed by atoms with E-state index < -0.39 is 9.84 Å². The number of amides is 2. The highest BCUT2D eigenvalue weighted by molar-refractivity contribution is 7.91. The van der Waals surface area contributed by atoms with Crippen LogP contribution in [0.3, 0.4) is 0 Å². The first-order valence-electron chi connectivity index (χ1n) is 6.32. The zero-order valence-electron chi connectivity index (χ0n) is 11.1. The molecule has 0 atom stereocenters. The van der Waals surface area contributed by atoms with Crippen LogP contribution in [0, 0.1) is 0 Å². The summed E-state index contributed by atoms with van der Waals surface area (Å²) in [6.45, 7) is 3.75. The molecule has 0 radical (unpaired) electrons. The number of sulfone groups is 1. The first-order chi connectivity index (χ1) is 8.88. The van der Waals surface area contributed by atoms with Crippen molar-refractivity contribution < 1.29 is 13.2 Å². The molecule has 2 N–H and O–H groups in total. The van der Waals surface area contributed by atoms with Crippen molar-refractivity contribution in [2.75, 3.05) is 11.1 Å². The Morgan fingerprint density at radius 2 is 2.05 bits per heavy atom.